The van der Waals surface area contributed by atoms with Gasteiger partial charge in [0.2, 0.25) is 0 Å². The number of benzene rings is 4. The van der Waals surface area contributed by atoms with Gasteiger partial charge in [-0.05, 0) is 48.4 Å². The highest BCUT2D eigenvalue weighted by molar-refractivity contribution is 8.23. The summed E-state index contributed by atoms with van der Waals surface area (Å²) in [6, 6.07) is 44.4. The Morgan fingerprint density at radius 3 is 1.31 bits per heavy atom. The third-order valence-corrected chi connectivity index (χ3v) is 12.3. The van der Waals surface area contributed by atoms with Crippen LogP contribution in [0.3, 0.4) is 0 Å². The molecule has 0 bridgehead atoms. The molecule has 3 heteroatoms. The van der Waals surface area contributed by atoms with Crippen LogP contribution in [0.2, 0.25) is 0 Å². The molecule has 0 heterocycles. The summed E-state index contributed by atoms with van der Waals surface area (Å²) in [6.07, 6.45) is 2.22. The van der Waals surface area contributed by atoms with Gasteiger partial charge in [0.05, 0.1) is 4.24 Å². The predicted octanol–water partition coefficient (Wildman–Crippen LogP) is 7.42. The molecule has 4 aromatic carbocycles. The van der Waals surface area contributed by atoms with Crippen LogP contribution < -0.4 is 15.9 Å². The van der Waals surface area contributed by atoms with Crippen molar-refractivity contribution in [3.05, 3.63) is 131 Å². The van der Waals surface area contributed by atoms with Crippen LogP contribution in [0.5, 0.6) is 0 Å². The van der Waals surface area contributed by atoms with Crippen LogP contribution in [0.4, 0.5) is 0 Å². The average molecular weight is 472 g/mol. The van der Waals surface area contributed by atoms with E-state index in [2.05, 4.69) is 135 Å². The highest BCUT2D eigenvalue weighted by Gasteiger charge is 2.51. The van der Waals surface area contributed by atoms with Gasteiger partial charge in [-0.1, -0.05) is 91.9 Å². The molecule has 0 aliphatic carbocycles. The first-order valence-electron chi connectivity index (χ1n) is 10.8. The average Bonchev–Trinajstić information content (AvgIpc) is 2.88. The van der Waals surface area contributed by atoms with Crippen molar-refractivity contribution in [3.63, 3.8) is 0 Å². The quantitative estimate of drug-likeness (QED) is 0.245. The van der Waals surface area contributed by atoms with Crippen LogP contribution >= 0.6 is 30.8 Å². The van der Waals surface area contributed by atoms with E-state index in [1.165, 1.54) is 31.0 Å². The van der Waals surface area contributed by atoms with Crippen LogP contribution in [0.15, 0.2) is 126 Å². The Bertz CT molecular complexity index is 1040. The summed E-state index contributed by atoms with van der Waals surface area (Å²) in [6.45, 7) is 2.25. The molecule has 160 valence electrons. The van der Waals surface area contributed by atoms with E-state index in [-0.39, 0.29) is 0 Å². The van der Waals surface area contributed by atoms with Gasteiger partial charge in [-0.25, -0.2) is 0 Å². The molecule has 4 aromatic rings. The third kappa shape index (κ3) is 4.46. The van der Waals surface area contributed by atoms with E-state index < -0.39 is 7.26 Å². The van der Waals surface area contributed by atoms with E-state index in [9.17, 15) is 0 Å². The Morgan fingerprint density at radius 2 is 0.969 bits per heavy atom. The topological polar surface area (TPSA) is 0 Å². The lowest BCUT2D eigenvalue weighted by Crippen LogP contribution is -2.32. The molecule has 0 amide bonds. The minimum atomic E-state index is -2.15. The monoisotopic (exact) mass is 471 g/mol. The summed E-state index contributed by atoms with van der Waals surface area (Å²) in [5.41, 5.74) is 1.31. The fourth-order valence-electron chi connectivity index (χ4n) is 4.19. The zero-order valence-electron chi connectivity index (χ0n) is 18.5. The molecule has 0 aliphatic rings. The molecule has 0 saturated carbocycles. The summed E-state index contributed by atoms with van der Waals surface area (Å²) in [7, 11) is -2.15. The summed E-state index contributed by atoms with van der Waals surface area (Å²) in [5.74, 6) is 1.05. The molecule has 0 aliphatic heterocycles. The van der Waals surface area contributed by atoms with Crippen molar-refractivity contribution in [3.8, 4) is 0 Å². The molecule has 0 aromatic heterocycles. The van der Waals surface area contributed by atoms with Crippen LogP contribution in [0, 0.1) is 0 Å². The number of rotatable bonds is 8. The van der Waals surface area contributed by atoms with Crippen LogP contribution in [-0.4, -0.2) is 12.0 Å². The van der Waals surface area contributed by atoms with Crippen molar-refractivity contribution in [2.24, 2.45) is 0 Å². The van der Waals surface area contributed by atoms with Crippen LogP contribution in [-0.2, 0) is 0 Å². The Morgan fingerprint density at radius 1 is 0.594 bits per heavy atom. The van der Waals surface area contributed by atoms with Gasteiger partial charge in [0.25, 0.3) is 0 Å². The Kier molecular flexibility index (Phi) is 7.92. The van der Waals surface area contributed by atoms with Crippen molar-refractivity contribution in [1.29, 1.82) is 0 Å². The molecule has 0 unspecified atom stereocenters. The Balaban J connectivity index is 2.22. The van der Waals surface area contributed by atoms with Gasteiger partial charge in [-0.2, -0.15) is 0 Å². The van der Waals surface area contributed by atoms with Crippen molar-refractivity contribution in [2.75, 3.05) is 12.0 Å². The standard InChI is InChI=1S/C29H28PS2/c1-3-32-29(31-2)28(24-16-8-4-9-17-24)30(25-18-10-5-11-19-25,26-20-12-6-13-21-26)27-22-14-7-15-23-27/h4-23H,3H2,1-2H3/q+1/b29-28+. The second kappa shape index (κ2) is 11.1. The maximum Gasteiger partial charge on any atom is 0.146 e. The number of thioether (sulfide) groups is 2. The lowest BCUT2D eigenvalue weighted by atomic mass is 10.2. The van der Waals surface area contributed by atoms with E-state index in [1.807, 2.05) is 23.5 Å². The van der Waals surface area contributed by atoms with E-state index in [0.717, 1.165) is 5.75 Å². The van der Waals surface area contributed by atoms with Gasteiger partial charge < -0.3 is 0 Å². The molecule has 0 spiro atoms. The van der Waals surface area contributed by atoms with Gasteiger partial charge in [0.1, 0.15) is 28.5 Å². The van der Waals surface area contributed by atoms with Crippen molar-refractivity contribution >= 4 is 52.0 Å². The first kappa shape index (κ1) is 22.9. The molecule has 0 atom stereocenters. The zero-order valence-corrected chi connectivity index (χ0v) is 21.0. The van der Waals surface area contributed by atoms with Gasteiger partial charge in [-0.15, -0.1) is 23.5 Å². The van der Waals surface area contributed by atoms with E-state index >= 15 is 0 Å². The highest BCUT2D eigenvalue weighted by Crippen LogP contribution is 2.69. The van der Waals surface area contributed by atoms with Crippen molar-refractivity contribution in [1.82, 2.24) is 0 Å². The first-order valence-corrected chi connectivity index (χ1v) is 14.8. The van der Waals surface area contributed by atoms with E-state index in [4.69, 9.17) is 0 Å². The molecular formula is C29H28PS2+. The smallest absolute Gasteiger partial charge is 0.119 e. The summed E-state index contributed by atoms with van der Waals surface area (Å²) in [4.78, 5) is 0. The van der Waals surface area contributed by atoms with Crippen LogP contribution in [0.1, 0.15) is 12.5 Å². The maximum absolute atomic E-state index is 2.32. The second-order valence-corrected chi connectivity index (χ2v) is 13.0. The van der Waals surface area contributed by atoms with Crippen molar-refractivity contribution in [2.45, 2.75) is 6.92 Å². The minimum absolute atomic E-state index is 1.05. The Labute approximate surface area is 201 Å². The third-order valence-electron chi connectivity index (χ3n) is 5.47. The molecule has 0 fully saturated rings. The first-order chi connectivity index (χ1) is 15.8. The SMILES string of the molecule is CCS/C(SC)=C(\c1ccccc1)[P+](c1ccccc1)(c1ccccc1)c1ccccc1. The lowest BCUT2D eigenvalue weighted by Gasteiger charge is -2.31. The normalized spacial score (nSPS) is 12.3. The molecular weight excluding hydrogens is 443 g/mol. The zero-order chi connectivity index (χ0) is 22.2. The predicted molar refractivity (Wildman–Crippen MR) is 150 cm³/mol. The molecule has 32 heavy (non-hydrogen) atoms. The summed E-state index contributed by atoms with van der Waals surface area (Å²) >= 11 is 3.84. The molecule has 0 radical (unpaired) electrons. The van der Waals surface area contributed by atoms with E-state index in [0.29, 0.717) is 0 Å². The molecule has 0 nitrogen and oxygen atoms in total. The second-order valence-electron chi connectivity index (χ2n) is 7.32. The lowest BCUT2D eigenvalue weighted by molar-refractivity contribution is 1.53. The molecule has 4 rings (SSSR count). The Hall–Kier alpha value is -2.25. The van der Waals surface area contributed by atoms with Gasteiger partial charge in [0, 0.05) is 5.56 Å². The molecule has 0 saturated heterocycles. The van der Waals surface area contributed by atoms with Gasteiger partial charge in [0.15, 0.2) is 0 Å². The molecule has 0 N–H and O–H groups in total. The number of hydrogen-bond donors (Lipinski definition) is 0. The van der Waals surface area contributed by atoms with Crippen LogP contribution in [0.25, 0.3) is 5.31 Å². The number of hydrogen-bond acceptors (Lipinski definition) is 2. The summed E-state index contributed by atoms with van der Waals surface area (Å²) < 4.78 is 1.41. The van der Waals surface area contributed by atoms with Gasteiger partial charge >= 0.3 is 0 Å². The fourth-order valence-corrected chi connectivity index (χ4v) is 11.5. The highest BCUT2D eigenvalue weighted by atomic mass is 32.2. The van der Waals surface area contributed by atoms with E-state index in [1.54, 1.807) is 0 Å². The minimum Gasteiger partial charge on any atom is -0.119 e. The maximum atomic E-state index is 2.32. The summed E-state index contributed by atoms with van der Waals surface area (Å²) in [5, 5.41) is 5.62. The van der Waals surface area contributed by atoms with Gasteiger partial charge in [-0.3, -0.25) is 0 Å². The van der Waals surface area contributed by atoms with Crippen molar-refractivity contribution < 1.29 is 0 Å². The largest absolute Gasteiger partial charge is 0.146 e. The fraction of sp³-hybridized carbons (Fsp3) is 0.103.